The third-order valence-electron chi connectivity index (χ3n) is 0.383. The van der Waals surface area contributed by atoms with Gasteiger partial charge in [-0.05, 0) is 0 Å². The monoisotopic (exact) mass is 196 g/mol. The van der Waals surface area contributed by atoms with Crippen LogP contribution in [0, 0.1) is 0 Å². The van der Waals surface area contributed by atoms with Gasteiger partial charge in [0.25, 0.3) is 0 Å². The topological polar surface area (TPSA) is 37.3 Å². The maximum atomic E-state index is 9.78. The quantitative estimate of drug-likeness (QED) is 0.636. The van der Waals surface area contributed by atoms with Crippen LogP contribution in [0.3, 0.4) is 0 Å². The molecule has 0 rings (SSSR count). The number of hydrogen-bond acceptors (Lipinski definition) is 1. The van der Waals surface area contributed by atoms with Crippen molar-refractivity contribution in [3.05, 3.63) is 0 Å². The summed E-state index contributed by atoms with van der Waals surface area (Å²) in [6.07, 6.45) is 0. The van der Waals surface area contributed by atoms with E-state index in [4.69, 9.17) is 5.11 Å². The van der Waals surface area contributed by atoms with Crippen molar-refractivity contribution in [1.29, 1.82) is 0 Å². The minimum absolute atomic E-state index is 0.557. The van der Waals surface area contributed by atoms with Gasteiger partial charge in [0.05, 0.1) is 0 Å². The van der Waals surface area contributed by atoms with Crippen molar-refractivity contribution in [2.45, 2.75) is 9.74 Å². The Kier molecular flexibility index (Phi) is 2.58. The summed E-state index contributed by atoms with van der Waals surface area (Å²) in [5, 5.41) is 8.07. The predicted molar refractivity (Wildman–Crippen MR) is 25.5 cm³/mol. The molecule has 0 aliphatic rings. The summed E-state index contributed by atoms with van der Waals surface area (Å²) in [5.41, 5.74) is 0. The minimum atomic E-state index is -1.68. The first-order valence-corrected chi connectivity index (χ1v) is 7.93. The molecule has 0 aromatic rings. The molecule has 36 valence electrons. The van der Waals surface area contributed by atoms with Gasteiger partial charge in [-0.3, -0.25) is 0 Å². The van der Waals surface area contributed by atoms with Gasteiger partial charge in [0.15, 0.2) is 0 Å². The van der Waals surface area contributed by atoms with Crippen LogP contribution in [-0.4, -0.2) is 29.2 Å². The number of carbonyl (C=O) groups is 1. The normalized spacial score (nSPS) is 9.17. The van der Waals surface area contributed by atoms with Crippen LogP contribution in [0.5, 0.6) is 0 Å². The maximum absolute atomic E-state index is 9.78. The molecular weight excluding hydrogens is 190 g/mol. The zero-order valence-corrected chi connectivity index (χ0v) is 6.36. The Hall–Kier alpha value is 0.288. The van der Waals surface area contributed by atoms with E-state index in [0.29, 0.717) is 0 Å². The first-order valence-electron chi connectivity index (χ1n) is 1.55. The van der Waals surface area contributed by atoms with E-state index in [1.165, 1.54) is 0 Å². The molecular formula is C3H7O2Sb. The van der Waals surface area contributed by atoms with Crippen LogP contribution in [0.1, 0.15) is 0 Å². The van der Waals surface area contributed by atoms with E-state index in [-0.39, 0.29) is 0 Å². The van der Waals surface area contributed by atoms with Crippen molar-refractivity contribution in [3.8, 4) is 0 Å². The summed E-state index contributed by atoms with van der Waals surface area (Å²) in [6, 6.07) is 0. The average molecular weight is 197 g/mol. The molecule has 2 nitrogen and oxygen atoms in total. The number of carboxylic acid groups (broad SMARTS) is 1. The van der Waals surface area contributed by atoms with Crippen LogP contribution in [0.2, 0.25) is 9.74 Å². The van der Waals surface area contributed by atoms with Crippen LogP contribution in [-0.2, 0) is 0 Å². The van der Waals surface area contributed by atoms with Gasteiger partial charge in [-0.2, -0.15) is 0 Å². The molecule has 6 heavy (non-hydrogen) atoms. The van der Waals surface area contributed by atoms with Gasteiger partial charge in [0, 0.05) is 0 Å². The molecule has 0 saturated heterocycles. The van der Waals surface area contributed by atoms with Crippen LogP contribution >= 0.6 is 0 Å². The summed E-state index contributed by atoms with van der Waals surface area (Å²) in [4.78, 5) is 13.4. The molecule has 0 atom stereocenters. The van der Waals surface area contributed by atoms with E-state index in [1.807, 2.05) is 9.74 Å². The van der Waals surface area contributed by atoms with Crippen molar-refractivity contribution < 1.29 is 9.90 Å². The molecule has 0 aromatic heterocycles. The Morgan fingerprint density at radius 3 is 1.83 bits per heavy atom. The van der Waals surface area contributed by atoms with Crippen molar-refractivity contribution in [2.24, 2.45) is 0 Å². The van der Waals surface area contributed by atoms with Crippen LogP contribution < -0.4 is 0 Å². The molecule has 1 N–H and O–H groups in total. The van der Waals surface area contributed by atoms with Crippen LogP contribution in [0.15, 0.2) is 0 Å². The standard InChI is InChI=1S/CHO2.2CH3.Sb/c2-1-3;;;/h(H,2,3);2*1H3;. The molecule has 0 aromatic carbocycles. The Labute approximate surface area is 44.1 Å². The fraction of sp³-hybridized carbons (Fsp3) is 0.667. The van der Waals surface area contributed by atoms with E-state index in [0.717, 1.165) is 0 Å². The molecule has 0 radical (unpaired) electrons. The van der Waals surface area contributed by atoms with E-state index in [9.17, 15) is 4.79 Å². The van der Waals surface area contributed by atoms with Gasteiger partial charge in [0.2, 0.25) is 0 Å². The Bertz CT molecular complexity index is 59.8. The number of rotatable bonds is 1. The van der Waals surface area contributed by atoms with Gasteiger partial charge < -0.3 is 0 Å². The fourth-order valence-electron chi connectivity index (χ4n) is 0. The molecule has 0 amide bonds. The second-order valence-corrected chi connectivity index (χ2v) is 7.37. The summed E-state index contributed by atoms with van der Waals surface area (Å²) < 4.78 is -0.557. The first-order chi connectivity index (χ1) is 2.64. The zero-order valence-electron chi connectivity index (χ0n) is 3.80. The molecule has 0 bridgehead atoms. The van der Waals surface area contributed by atoms with E-state index >= 15 is 0 Å². The van der Waals surface area contributed by atoms with Crippen molar-refractivity contribution in [2.75, 3.05) is 0 Å². The van der Waals surface area contributed by atoms with Crippen LogP contribution in [0.4, 0.5) is 4.79 Å². The Morgan fingerprint density at radius 1 is 1.67 bits per heavy atom. The SMILES string of the molecule is [CH3][Sb]([CH3])[C](=O)O. The van der Waals surface area contributed by atoms with E-state index < -0.39 is 24.1 Å². The summed E-state index contributed by atoms with van der Waals surface area (Å²) in [7, 11) is 0. The second-order valence-electron chi connectivity index (χ2n) is 1.18. The third kappa shape index (κ3) is 2.52. The van der Waals surface area contributed by atoms with Crippen molar-refractivity contribution in [3.63, 3.8) is 0 Å². The third-order valence-corrected chi connectivity index (χ3v) is 2.57. The molecule has 0 heterocycles. The summed E-state index contributed by atoms with van der Waals surface area (Å²) in [5.74, 6) is 0. The molecule has 0 unspecified atom stereocenters. The average Bonchev–Trinajstić information content (AvgIpc) is 1.36. The van der Waals surface area contributed by atoms with Gasteiger partial charge in [0.1, 0.15) is 0 Å². The molecule has 0 fully saturated rings. The summed E-state index contributed by atoms with van der Waals surface area (Å²) in [6.45, 7) is 0. The van der Waals surface area contributed by atoms with Gasteiger partial charge >= 0.3 is 43.8 Å². The van der Waals surface area contributed by atoms with Gasteiger partial charge in [-0.1, -0.05) is 0 Å². The molecule has 0 aliphatic heterocycles. The molecule has 0 spiro atoms. The first kappa shape index (κ1) is 6.29. The Morgan fingerprint density at radius 2 is 1.83 bits per heavy atom. The van der Waals surface area contributed by atoms with Crippen LogP contribution in [0.25, 0.3) is 0 Å². The van der Waals surface area contributed by atoms with E-state index in [2.05, 4.69) is 0 Å². The summed E-state index contributed by atoms with van der Waals surface area (Å²) >= 11 is -1.68. The van der Waals surface area contributed by atoms with E-state index in [1.54, 1.807) is 0 Å². The zero-order chi connectivity index (χ0) is 5.15. The molecule has 0 aliphatic carbocycles. The predicted octanol–water partition coefficient (Wildman–Crippen LogP) is 1.00. The fourth-order valence-corrected chi connectivity index (χ4v) is 0. The Balaban J connectivity index is 3.26. The van der Waals surface area contributed by atoms with Gasteiger partial charge in [-0.25, -0.2) is 0 Å². The van der Waals surface area contributed by atoms with Crippen molar-refractivity contribution >= 4 is 24.1 Å². The van der Waals surface area contributed by atoms with Gasteiger partial charge in [-0.15, -0.1) is 0 Å². The second kappa shape index (κ2) is 2.46. The van der Waals surface area contributed by atoms with Crippen molar-refractivity contribution in [1.82, 2.24) is 0 Å². The molecule has 3 heteroatoms. The molecule has 0 saturated carbocycles. The number of hydrogen-bond donors (Lipinski definition) is 1.